The molecule has 0 amide bonds. The number of fused-ring (bicyclic) bond motifs is 2. The number of pyridine rings is 1. The number of aromatic amines is 1. The number of hydrogen-bond acceptors (Lipinski definition) is 5. The van der Waals surface area contributed by atoms with Gasteiger partial charge in [0, 0.05) is 12.6 Å². The van der Waals surface area contributed by atoms with E-state index in [4.69, 9.17) is 0 Å². The minimum Gasteiger partial charge on any atom is -0.325 e. The van der Waals surface area contributed by atoms with Crippen molar-refractivity contribution in [2.24, 2.45) is 0 Å². The van der Waals surface area contributed by atoms with E-state index in [0.29, 0.717) is 17.4 Å². The molecule has 118 valence electrons. The van der Waals surface area contributed by atoms with Crippen molar-refractivity contribution >= 4 is 16.6 Å². The normalized spacial score (nSPS) is 11.2. The van der Waals surface area contributed by atoms with E-state index in [1.54, 1.807) is 16.7 Å². The number of nitrogens with one attached hydrogen (secondary N) is 1. The van der Waals surface area contributed by atoms with Crippen LogP contribution in [0.15, 0.2) is 33.9 Å². The number of benzene rings is 1. The number of nitrogens with zero attached hydrogens (tertiary/aromatic N) is 3. The van der Waals surface area contributed by atoms with Gasteiger partial charge in [-0.1, -0.05) is 19.4 Å². The molecule has 0 atom stereocenters. The number of hydrogen-bond donors (Lipinski definition) is 1. The Morgan fingerprint density at radius 2 is 2.13 bits per heavy atom. The molecule has 1 aromatic carbocycles. The number of aromatic nitrogens is 3. The van der Waals surface area contributed by atoms with E-state index in [1.807, 2.05) is 6.92 Å². The highest BCUT2D eigenvalue weighted by Gasteiger charge is 2.21. The molecular weight excluding hydrogens is 300 g/mol. The summed E-state index contributed by atoms with van der Waals surface area (Å²) in [5.74, 6) is 0.250. The van der Waals surface area contributed by atoms with Crippen LogP contribution in [-0.2, 0) is 6.54 Å². The van der Waals surface area contributed by atoms with Gasteiger partial charge in [0.2, 0.25) is 0 Å². The van der Waals surface area contributed by atoms with Crippen molar-refractivity contribution in [2.75, 3.05) is 0 Å². The van der Waals surface area contributed by atoms with Gasteiger partial charge < -0.3 is 4.57 Å². The average molecular weight is 314 g/mol. The molecule has 2 heterocycles. The fourth-order valence-electron chi connectivity index (χ4n) is 2.67. The van der Waals surface area contributed by atoms with Crippen molar-refractivity contribution in [3.63, 3.8) is 0 Å². The number of nitro benzene ring substituents is 1. The molecule has 0 saturated carbocycles. The zero-order chi connectivity index (χ0) is 16.6. The van der Waals surface area contributed by atoms with Gasteiger partial charge in [-0.2, -0.15) is 4.98 Å². The van der Waals surface area contributed by atoms with Crippen molar-refractivity contribution in [3.05, 3.63) is 55.2 Å². The molecule has 2 aliphatic heterocycles. The first kappa shape index (κ1) is 14.9. The van der Waals surface area contributed by atoms with Crippen molar-refractivity contribution in [2.45, 2.75) is 26.3 Å². The highest BCUT2D eigenvalue weighted by atomic mass is 16.6. The molecule has 0 saturated heterocycles. The maximum atomic E-state index is 12.1. The van der Waals surface area contributed by atoms with Gasteiger partial charge in [-0.3, -0.25) is 19.9 Å². The second kappa shape index (κ2) is 5.64. The minimum atomic E-state index is -0.725. The number of non-ortho nitro benzene ring substituents is 1. The van der Waals surface area contributed by atoms with E-state index in [1.165, 1.54) is 12.1 Å². The first-order valence-corrected chi connectivity index (χ1v) is 7.24. The first-order valence-electron chi connectivity index (χ1n) is 7.24. The smallest absolute Gasteiger partial charge is 0.325 e. The van der Waals surface area contributed by atoms with Crippen molar-refractivity contribution in [1.82, 2.24) is 14.5 Å². The molecule has 0 aliphatic carbocycles. The molecule has 0 aromatic heterocycles. The Labute approximate surface area is 129 Å². The van der Waals surface area contributed by atoms with Crippen LogP contribution in [0.4, 0.5) is 5.69 Å². The van der Waals surface area contributed by atoms with E-state index in [2.05, 4.69) is 9.97 Å². The zero-order valence-corrected chi connectivity index (χ0v) is 12.4. The van der Waals surface area contributed by atoms with Gasteiger partial charge in [-0.05, 0) is 18.6 Å². The molecule has 8 nitrogen and oxygen atoms in total. The third kappa shape index (κ3) is 2.48. The van der Waals surface area contributed by atoms with E-state index >= 15 is 0 Å². The fourth-order valence-corrected chi connectivity index (χ4v) is 2.67. The van der Waals surface area contributed by atoms with Gasteiger partial charge >= 0.3 is 5.69 Å². The Balaban J connectivity index is 2.50. The van der Waals surface area contributed by atoms with Gasteiger partial charge in [0.15, 0.2) is 5.82 Å². The zero-order valence-electron chi connectivity index (χ0n) is 12.4. The van der Waals surface area contributed by atoms with E-state index in [-0.39, 0.29) is 17.1 Å². The summed E-state index contributed by atoms with van der Waals surface area (Å²) in [6.45, 7) is 2.52. The fraction of sp³-hybridized carbons (Fsp3) is 0.267. The van der Waals surface area contributed by atoms with Crippen LogP contribution in [0.1, 0.15) is 19.8 Å². The number of nitro groups is 1. The monoisotopic (exact) mass is 314 g/mol. The van der Waals surface area contributed by atoms with Crippen LogP contribution in [0.2, 0.25) is 0 Å². The SMILES string of the molecule is CCCCn1c2nc(=O)[nH]c(=O)c-2cc2c([N+](=O)[O-])cccc21. The lowest BCUT2D eigenvalue weighted by atomic mass is 10.1. The van der Waals surface area contributed by atoms with Crippen LogP contribution in [0, 0.1) is 10.1 Å². The Hall–Kier alpha value is -3.03. The number of aryl methyl sites for hydroxylation is 1. The number of H-pyrrole nitrogens is 1. The molecular formula is C15H14N4O4. The Morgan fingerprint density at radius 3 is 2.83 bits per heavy atom. The lowest BCUT2D eigenvalue weighted by Crippen LogP contribution is -2.27. The first-order chi connectivity index (χ1) is 11.0. The second-order valence-corrected chi connectivity index (χ2v) is 5.22. The van der Waals surface area contributed by atoms with Crippen LogP contribution >= 0.6 is 0 Å². The number of rotatable bonds is 4. The van der Waals surface area contributed by atoms with E-state index in [9.17, 15) is 19.7 Å². The Morgan fingerprint density at radius 1 is 1.35 bits per heavy atom. The van der Waals surface area contributed by atoms with Crippen LogP contribution in [-0.4, -0.2) is 19.5 Å². The van der Waals surface area contributed by atoms with Crippen molar-refractivity contribution in [3.8, 4) is 11.4 Å². The maximum absolute atomic E-state index is 12.1. The average Bonchev–Trinajstić information content (AvgIpc) is 2.51. The Kier molecular flexibility index (Phi) is 3.65. The third-order valence-corrected chi connectivity index (χ3v) is 3.74. The van der Waals surface area contributed by atoms with Crippen molar-refractivity contribution in [1.29, 1.82) is 0 Å². The molecule has 2 aliphatic rings. The summed E-state index contributed by atoms with van der Waals surface area (Å²) in [5.41, 5.74) is -0.650. The minimum absolute atomic E-state index is 0.0831. The predicted octanol–water partition coefficient (Wildman–Crippen LogP) is 1.90. The summed E-state index contributed by atoms with van der Waals surface area (Å²) < 4.78 is 1.71. The lowest BCUT2D eigenvalue weighted by molar-refractivity contribution is -0.383. The topological polar surface area (TPSA) is 111 Å². The van der Waals surface area contributed by atoms with Gasteiger partial charge in [-0.25, -0.2) is 4.79 Å². The summed E-state index contributed by atoms with van der Waals surface area (Å²) in [5, 5.41) is 11.6. The van der Waals surface area contributed by atoms with Gasteiger partial charge in [0.25, 0.3) is 11.2 Å². The van der Waals surface area contributed by atoms with Crippen molar-refractivity contribution < 1.29 is 4.92 Å². The maximum Gasteiger partial charge on any atom is 0.349 e. The summed E-state index contributed by atoms with van der Waals surface area (Å²) in [7, 11) is 0. The molecule has 0 radical (unpaired) electrons. The standard InChI is InChI=1S/C15H14N4O4/c1-2-3-7-18-11-5-4-6-12(19(22)23)9(11)8-10-13(18)16-15(21)17-14(10)20/h4-6,8H,2-3,7H2,1H3,(H,17,20,21). The Bertz CT molecular complexity index is 989. The molecule has 0 bridgehead atoms. The molecule has 0 unspecified atom stereocenters. The summed E-state index contributed by atoms with van der Waals surface area (Å²) in [6, 6.07) is 6.13. The quantitative estimate of drug-likeness (QED) is 0.449. The molecule has 23 heavy (non-hydrogen) atoms. The largest absolute Gasteiger partial charge is 0.349 e. The summed E-state index contributed by atoms with van der Waals surface area (Å²) in [6.07, 6.45) is 1.69. The summed E-state index contributed by atoms with van der Waals surface area (Å²) >= 11 is 0. The highest BCUT2D eigenvalue weighted by Crippen LogP contribution is 2.30. The molecule has 8 heteroatoms. The predicted molar refractivity (Wildman–Crippen MR) is 84.8 cm³/mol. The number of unbranched alkanes of at least 4 members (excludes halogenated alkanes) is 1. The molecule has 1 N–H and O–H groups in total. The van der Waals surface area contributed by atoms with Gasteiger partial charge in [-0.15, -0.1) is 0 Å². The van der Waals surface area contributed by atoms with Gasteiger partial charge in [0.05, 0.1) is 21.4 Å². The van der Waals surface area contributed by atoms with Crippen LogP contribution in [0.3, 0.4) is 0 Å². The molecule has 3 rings (SSSR count). The lowest BCUT2D eigenvalue weighted by Gasteiger charge is -2.17. The molecule has 0 spiro atoms. The van der Waals surface area contributed by atoms with E-state index in [0.717, 1.165) is 12.8 Å². The molecule has 0 fully saturated rings. The second-order valence-electron chi connectivity index (χ2n) is 5.22. The van der Waals surface area contributed by atoms with Crippen LogP contribution < -0.4 is 11.2 Å². The third-order valence-electron chi connectivity index (χ3n) is 3.74. The summed E-state index contributed by atoms with van der Waals surface area (Å²) in [4.78, 5) is 40.4. The molecule has 1 aromatic rings. The van der Waals surface area contributed by atoms with Gasteiger partial charge in [0.1, 0.15) is 0 Å². The highest BCUT2D eigenvalue weighted by molar-refractivity contribution is 5.92. The van der Waals surface area contributed by atoms with Crippen LogP contribution in [0.5, 0.6) is 0 Å². The van der Waals surface area contributed by atoms with Crippen LogP contribution in [0.25, 0.3) is 22.3 Å². The van der Waals surface area contributed by atoms with E-state index < -0.39 is 16.2 Å².